The lowest BCUT2D eigenvalue weighted by molar-refractivity contribution is -0.384. The van der Waals surface area contributed by atoms with Crippen LogP contribution in [-0.4, -0.2) is 29.2 Å². The first-order valence-corrected chi connectivity index (χ1v) is 9.11. The van der Waals surface area contributed by atoms with E-state index in [2.05, 4.69) is 0 Å². The highest BCUT2D eigenvalue weighted by atomic mass is 127. The highest BCUT2D eigenvalue weighted by Gasteiger charge is 2.14. The first-order valence-electron chi connectivity index (χ1n) is 8.03. The van der Waals surface area contributed by atoms with Crippen molar-refractivity contribution in [2.75, 3.05) is 13.2 Å². The summed E-state index contributed by atoms with van der Waals surface area (Å²) < 4.78 is 11.4. The first-order chi connectivity index (χ1) is 13.3. The van der Waals surface area contributed by atoms with Crippen LogP contribution in [0.2, 0.25) is 0 Å². The molecule has 0 aliphatic heterocycles. The molecule has 9 heteroatoms. The molecule has 1 N–H and O–H groups in total. The van der Waals surface area contributed by atoms with Gasteiger partial charge in [-0.15, -0.1) is 0 Å². The molecule has 8 nitrogen and oxygen atoms in total. The Morgan fingerprint density at radius 3 is 2.71 bits per heavy atom. The van der Waals surface area contributed by atoms with Crippen molar-refractivity contribution in [2.45, 2.75) is 6.92 Å². The second-order valence-electron chi connectivity index (χ2n) is 5.42. The van der Waals surface area contributed by atoms with Crippen LogP contribution in [0.25, 0.3) is 11.6 Å². The molecule has 2 aromatic rings. The number of nitrogens with zero attached hydrogens (tertiary/aromatic N) is 2. The van der Waals surface area contributed by atoms with Crippen molar-refractivity contribution in [3.8, 4) is 17.6 Å². The summed E-state index contributed by atoms with van der Waals surface area (Å²) in [6.45, 7) is 1.60. The zero-order valence-corrected chi connectivity index (χ0v) is 16.9. The predicted molar refractivity (Wildman–Crippen MR) is 110 cm³/mol. The maximum Gasteiger partial charge on any atom is 0.341 e. The summed E-state index contributed by atoms with van der Waals surface area (Å²) in [5.41, 5.74) is 1.15. The SMILES string of the molecule is CCOc1cc(C=C(C#N)c2cccc([N+](=O)[O-])c2)cc(I)c1OCC(=O)O. The Hall–Kier alpha value is -3.13. The van der Waals surface area contributed by atoms with Crippen LogP contribution in [0, 0.1) is 25.0 Å². The molecule has 0 atom stereocenters. The molecule has 0 spiro atoms. The van der Waals surface area contributed by atoms with E-state index >= 15 is 0 Å². The number of carboxylic acid groups (broad SMARTS) is 1. The standard InChI is InChI=1S/C19H15IN2O6/c1-2-27-17-8-12(7-16(20)19(17)28-11-18(23)24)6-14(10-21)13-4-3-5-15(9-13)22(25)26/h3-9H,2,11H2,1H3,(H,23,24). The van der Waals surface area contributed by atoms with Gasteiger partial charge in [0, 0.05) is 12.1 Å². The van der Waals surface area contributed by atoms with Crippen molar-refractivity contribution >= 4 is 45.9 Å². The maximum absolute atomic E-state index is 11.0. The third-order valence-electron chi connectivity index (χ3n) is 3.47. The van der Waals surface area contributed by atoms with E-state index in [1.54, 1.807) is 31.2 Å². The molecular weight excluding hydrogens is 479 g/mol. The lowest BCUT2D eigenvalue weighted by Gasteiger charge is -2.13. The molecule has 0 heterocycles. The number of ether oxygens (including phenoxy) is 2. The van der Waals surface area contributed by atoms with Gasteiger partial charge in [-0.3, -0.25) is 10.1 Å². The number of nitro groups is 1. The molecule has 0 saturated heterocycles. The number of carboxylic acids is 1. The van der Waals surface area contributed by atoms with Crippen LogP contribution in [0.3, 0.4) is 0 Å². The van der Waals surface area contributed by atoms with Crippen LogP contribution in [0.1, 0.15) is 18.1 Å². The number of carbonyl (C=O) groups is 1. The molecule has 0 bridgehead atoms. The Labute approximate surface area is 174 Å². The molecule has 0 fully saturated rings. The number of allylic oxidation sites excluding steroid dienone is 1. The molecule has 28 heavy (non-hydrogen) atoms. The molecule has 0 unspecified atom stereocenters. The number of hydrogen-bond donors (Lipinski definition) is 1. The van der Waals surface area contributed by atoms with Gasteiger partial charge in [-0.2, -0.15) is 5.26 Å². The number of benzene rings is 2. The van der Waals surface area contributed by atoms with Crippen molar-refractivity contribution in [2.24, 2.45) is 0 Å². The van der Waals surface area contributed by atoms with Crippen molar-refractivity contribution < 1.29 is 24.3 Å². The largest absolute Gasteiger partial charge is 0.490 e. The quantitative estimate of drug-likeness (QED) is 0.193. The van der Waals surface area contributed by atoms with Crippen LogP contribution in [0.4, 0.5) is 5.69 Å². The van der Waals surface area contributed by atoms with Crippen LogP contribution < -0.4 is 9.47 Å². The summed E-state index contributed by atoms with van der Waals surface area (Å²) in [5, 5.41) is 29.3. The van der Waals surface area contributed by atoms with Gasteiger partial charge in [-0.1, -0.05) is 12.1 Å². The molecular formula is C19H15IN2O6. The number of non-ortho nitro benzene ring substituents is 1. The fraction of sp³-hybridized carbons (Fsp3) is 0.158. The lowest BCUT2D eigenvalue weighted by atomic mass is 10.0. The Morgan fingerprint density at radius 1 is 1.36 bits per heavy atom. The van der Waals surface area contributed by atoms with Gasteiger partial charge in [-0.05, 0) is 58.9 Å². The Balaban J connectivity index is 2.48. The third kappa shape index (κ3) is 5.43. The van der Waals surface area contributed by atoms with Crippen LogP contribution >= 0.6 is 22.6 Å². The van der Waals surface area contributed by atoms with E-state index in [4.69, 9.17) is 14.6 Å². The molecule has 0 aliphatic rings. The smallest absolute Gasteiger partial charge is 0.341 e. The first kappa shape index (κ1) is 21.2. The fourth-order valence-electron chi connectivity index (χ4n) is 2.34. The number of hydrogen-bond acceptors (Lipinski definition) is 6. The van der Waals surface area contributed by atoms with Crippen LogP contribution in [0.15, 0.2) is 36.4 Å². The van der Waals surface area contributed by atoms with E-state index in [0.717, 1.165) is 0 Å². The Bertz CT molecular complexity index is 981. The second kappa shape index (κ2) is 9.70. The maximum atomic E-state index is 11.0. The summed E-state index contributed by atoms with van der Waals surface area (Å²) >= 11 is 1.99. The highest BCUT2D eigenvalue weighted by Crippen LogP contribution is 2.35. The van der Waals surface area contributed by atoms with Crippen LogP contribution in [0.5, 0.6) is 11.5 Å². The van der Waals surface area contributed by atoms with Gasteiger partial charge in [0.1, 0.15) is 0 Å². The second-order valence-corrected chi connectivity index (χ2v) is 6.58. The van der Waals surface area contributed by atoms with Crippen molar-refractivity contribution in [3.05, 3.63) is 61.2 Å². The van der Waals surface area contributed by atoms with E-state index < -0.39 is 17.5 Å². The summed E-state index contributed by atoms with van der Waals surface area (Å²) in [5.74, 6) is -0.464. The number of rotatable bonds is 8. The summed E-state index contributed by atoms with van der Waals surface area (Å²) in [4.78, 5) is 21.2. The zero-order chi connectivity index (χ0) is 20.7. The van der Waals surface area contributed by atoms with Crippen molar-refractivity contribution in [3.63, 3.8) is 0 Å². The van der Waals surface area contributed by atoms with E-state index in [-0.39, 0.29) is 11.3 Å². The third-order valence-corrected chi connectivity index (χ3v) is 4.27. The Kier molecular flexibility index (Phi) is 7.34. The van der Waals surface area contributed by atoms with Crippen LogP contribution in [-0.2, 0) is 4.79 Å². The van der Waals surface area contributed by atoms with Gasteiger partial charge in [0.15, 0.2) is 18.1 Å². The molecule has 0 saturated carbocycles. The van der Waals surface area contributed by atoms with Gasteiger partial charge < -0.3 is 14.6 Å². The molecule has 0 aromatic heterocycles. The zero-order valence-electron chi connectivity index (χ0n) is 14.7. The minimum absolute atomic E-state index is 0.111. The Morgan fingerprint density at radius 2 is 2.11 bits per heavy atom. The molecule has 144 valence electrons. The van der Waals surface area contributed by atoms with Gasteiger partial charge in [0.2, 0.25) is 0 Å². The number of nitro benzene ring substituents is 1. The van der Waals surface area contributed by atoms with E-state index in [1.165, 1.54) is 18.2 Å². The summed E-state index contributed by atoms with van der Waals surface area (Å²) in [6.07, 6.45) is 1.57. The minimum atomic E-state index is -1.11. The molecule has 2 aromatic carbocycles. The number of aliphatic carboxylic acids is 1. The molecule has 0 aliphatic carbocycles. The van der Waals surface area contributed by atoms with Crippen molar-refractivity contribution in [1.29, 1.82) is 5.26 Å². The fourth-order valence-corrected chi connectivity index (χ4v) is 3.12. The normalized spacial score (nSPS) is 10.8. The van der Waals surface area contributed by atoms with Gasteiger partial charge in [0.05, 0.1) is 26.7 Å². The predicted octanol–water partition coefficient (Wildman–Crippen LogP) is 4.13. The van der Waals surface area contributed by atoms with E-state index in [1.807, 2.05) is 28.7 Å². The minimum Gasteiger partial charge on any atom is -0.490 e. The molecule has 2 rings (SSSR count). The lowest BCUT2D eigenvalue weighted by Crippen LogP contribution is -2.11. The van der Waals surface area contributed by atoms with Gasteiger partial charge >= 0.3 is 5.97 Å². The average molecular weight is 494 g/mol. The summed E-state index contributed by atoms with van der Waals surface area (Å²) in [7, 11) is 0. The number of halogens is 1. The highest BCUT2D eigenvalue weighted by molar-refractivity contribution is 14.1. The van der Waals surface area contributed by atoms with Gasteiger partial charge in [0.25, 0.3) is 5.69 Å². The van der Waals surface area contributed by atoms with Gasteiger partial charge in [-0.25, -0.2) is 4.79 Å². The monoisotopic (exact) mass is 494 g/mol. The number of nitriles is 1. The molecule has 0 amide bonds. The van der Waals surface area contributed by atoms with E-state index in [0.29, 0.717) is 32.8 Å². The average Bonchev–Trinajstić information content (AvgIpc) is 2.65. The molecule has 0 radical (unpaired) electrons. The topological polar surface area (TPSA) is 123 Å². The van der Waals surface area contributed by atoms with Crippen molar-refractivity contribution in [1.82, 2.24) is 0 Å². The van der Waals surface area contributed by atoms with E-state index in [9.17, 15) is 20.2 Å². The summed E-state index contributed by atoms with van der Waals surface area (Å²) in [6, 6.07) is 11.2.